The number of sulfonamides is 1. The number of halogens is 1. The van der Waals surface area contributed by atoms with Gasteiger partial charge in [0.05, 0.1) is 4.90 Å². The van der Waals surface area contributed by atoms with E-state index in [-0.39, 0.29) is 10.8 Å². The molecule has 1 aromatic heterocycles. The molecule has 1 heterocycles. The maximum absolute atomic E-state index is 12.0. The monoisotopic (exact) mass is 463 g/mol. The van der Waals surface area contributed by atoms with Crippen LogP contribution in [0.25, 0.3) is 6.08 Å². The van der Waals surface area contributed by atoms with Crippen molar-refractivity contribution >= 4 is 55.2 Å². The first-order valence-corrected chi connectivity index (χ1v) is 11.5. The van der Waals surface area contributed by atoms with E-state index in [1.807, 2.05) is 18.2 Å². The number of amides is 1. The summed E-state index contributed by atoms with van der Waals surface area (Å²) < 4.78 is 22.5. The first-order valence-electron chi connectivity index (χ1n) is 8.74. The van der Waals surface area contributed by atoms with Crippen LogP contribution >= 0.6 is 22.9 Å². The van der Waals surface area contributed by atoms with Crippen LogP contribution in [0, 0.1) is 0 Å². The van der Waals surface area contributed by atoms with Crippen LogP contribution in [-0.2, 0) is 21.2 Å². The van der Waals surface area contributed by atoms with Crippen molar-refractivity contribution < 1.29 is 13.2 Å². The lowest BCUT2D eigenvalue weighted by atomic mass is 10.1. The van der Waals surface area contributed by atoms with Gasteiger partial charge < -0.3 is 5.32 Å². The largest absolute Gasteiger partial charge is 0.360 e. The molecule has 11 heteroatoms. The molecule has 0 bridgehead atoms. The molecule has 0 unspecified atom stereocenters. The Morgan fingerprint density at radius 3 is 2.50 bits per heavy atom. The molecule has 8 nitrogen and oxygen atoms in total. The molecule has 3 aromatic rings. The number of nitrogens with zero attached hydrogens (tertiary/aromatic N) is 2. The van der Waals surface area contributed by atoms with Gasteiger partial charge in [-0.05, 0) is 41.8 Å². The van der Waals surface area contributed by atoms with Crippen molar-refractivity contribution in [1.29, 1.82) is 0 Å². The molecule has 2 aromatic carbocycles. The van der Waals surface area contributed by atoms with E-state index in [0.29, 0.717) is 28.3 Å². The maximum atomic E-state index is 12.0. The molecule has 30 heavy (non-hydrogen) atoms. The summed E-state index contributed by atoms with van der Waals surface area (Å²) in [4.78, 5) is 12.1. The van der Waals surface area contributed by atoms with Crippen LogP contribution in [0.1, 0.15) is 11.1 Å². The summed E-state index contributed by atoms with van der Waals surface area (Å²) in [5.41, 5.74) is 1.68. The van der Waals surface area contributed by atoms with Gasteiger partial charge in [0.25, 0.3) is 0 Å². The Labute approximate surface area is 182 Å². The molecule has 0 saturated carbocycles. The van der Waals surface area contributed by atoms with Crippen molar-refractivity contribution in [2.75, 3.05) is 17.2 Å². The Morgan fingerprint density at radius 1 is 1.10 bits per heavy atom. The van der Waals surface area contributed by atoms with E-state index in [9.17, 15) is 13.2 Å². The van der Waals surface area contributed by atoms with Gasteiger partial charge in [-0.25, -0.2) is 13.6 Å². The predicted octanol–water partition coefficient (Wildman–Crippen LogP) is 3.15. The minimum atomic E-state index is -3.69. The highest BCUT2D eigenvalue weighted by Crippen LogP contribution is 2.20. The fraction of sp³-hybridized carbons (Fsp3) is 0.105. The third-order valence-electron chi connectivity index (χ3n) is 3.92. The summed E-state index contributed by atoms with van der Waals surface area (Å²) in [7, 11) is -3.69. The molecule has 0 aliphatic heterocycles. The standard InChI is InChI=1S/C19H18ClN5O3S2/c20-16-4-2-1-3-14(16)7-10-17(26)23-19-25-24-18(29-19)22-12-11-13-5-8-15(9-6-13)30(21,27)28/h1-10H,11-12H2,(H,22,24)(H2,21,27,28)(H,23,25,26). The van der Waals surface area contributed by atoms with Crippen LogP contribution in [0.3, 0.4) is 0 Å². The number of nitrogens with one attached hydrogen (secondary N) is 2. The molecule has 0 fully saturated rings. The zero-order valence-corrected chi connectivity index (χ0v) is 18.0. The quantitative estimate of drug-likeness (QED) is 0.440. The maximum Gasteiger partial charge on any atom is 0.250 e. The minimum absolute atomic E-state index is 0.0762. The molecule has 0 atom stereocenters. The number of aromatic nitrogens is 2. The minimum Gasteiger partial charge on any atom is -0.360 e. The number of primary sulfonamides is 1. The number of hydrogen-bond acceptors (Lipinski definition) is 7. The van der Waals surface area contributed by atoms with Gasteiger partial charge in [-0.1, -0.05) is 53.3 Å². The van der Waals surface area contributed by atoms with E-state index in [1.54, 1.807) is 24.3 Å². The third kappa shape index (κ3) is 6.36. The highest BCUT2D eigenvalue weighted by Gasteiger charge is 2.08. The fourth-order valence-electron chi connectivity index (χ4n) is 2.43. The van der Waals surface area contributed by atoms with Crippen LogP contribution < -0.4 is 15.8 Å². The van der Waals surface area contributed by atoms with Crippen molar-refractivity contribution in [3.63, 3.8) is 0 Å². The number of nitrogens with two attached hydrogens (primary N) is 1. The van der Waals surface area contributed by atoms with Gasteiger partial charge in [0.1, 0.15) is 0 Å². The number of carbonyl (C=O) groups is 1. The van der Waals surface area contributed by atoms with Crippen molar-refractivity contribution in [2.45, 2.75) is 11.3 Å². The summed E-state index contributed by atoms with van der Waals surface area (Å²) >= 11 is 7.25. The van der Waals surface area contributed by atoms with Crippen molar-refractivity contribution in [1.82, 2.24) is 10.2 Å². The van der Waals surface area contributed by atoms with Crippen LogP contribution in [0.15, 0.2) is 59.5 Å². The SMILES string of the molecule is NS(=O)(=O)c1ccc(CCNc2nnc(NC(=O)C=Cc3ccccc3Cl)s2)cc1. The van der Waals surface area contributed by atoms with Crippen LogP contribution in [0.5, 0.6) is 0 Å². The average Bonchev–Trinajstić information content (AvgIpc) is 3.14. The van der Waals surface area contributed by atoms with Gasteiger partial charge in [0, 0.05) is 17.6 Å². The van der Waals surface area contributed by atoms with Crippen LogP contribution in [-0.4, -0.2) is 31.1 Å². The van der Waals surface area contributed by atoms with E-state index in [2.05, 4.69) is 20.8 Å². The van der Waals surface area contributed by atoms with E-state index in [1.165, 1.54) is 29.5 Å². The second-order valence-corrected chi connectivity index (χ2v) is 9.07. The molecule has 0 spiro atoms. The fourth-order valence-corrected chi connectivity index (χ4v) is 3.81. The molecule has 4 N–H and O–H groups in total. The molecular weight excluding hydrogens is 446 g/mol. The van der Waals surface area contributed by atoms with Crippen LogP contribution in [0.4, 0.5) is 10.3 Å². The Morgan fingerprint density at radius 2 is 1.80 bits per heavy atom. The molecule has 0 saturated heterocycles. The Balaban J connectivity index is 1.48. The number of carbonyl (C=O) groups excluding carboxylic acids is 1. The molecule has 156 valence electrons. The summed E-state index contributed by atoms with van der Waals surface area (Å²) in [5, 5.41) is 20.2. The average molecular weight is 464 g/mol. The van der Waals surface area contributed by atoms with E-state index in [0.717, 1.165) is 11.1 Å². The molecular formula is C19H18ClN5O3S2. The Hall–Kier alpha value is -2.79. The van der Waals surface area contributed by atoms with Crippen molar-refractivity contribution in [2.24, 2.45) is 5.14 Å². The lowest BCUT2D eigenvalue weighted by Crippen LogP contribution is -2.12. The summed E-state index contributed by atoms with van der Waals surface area (Å²) in [6.45, 7) is 0.559. The number of anilines is 2. The Kier molecular flexibility index (Phi) is 7.16. The van der Waals surface area contributed by atoms with Crippen LogP contribution in [0.2, 0.25) is 5.02 Å². The zero-order chi connectivity index (χ0) is 21.6. The van der Waals surface area contributed by atoms with E-state index < -0.39 is 10.0 Å². The Bertz CT molecular complexity index is 1160. The predicted molar refractivity (Wildman–Crippen MR) is 119 cm³/mol. The van der Waals surface area contributed by atoms with Crippen molar-refractivity contribution in [3.05, 3.63) is 70.8 Å². The summed E-state index contributed by atoms with van der Waals surface area (Å²) in [5.74, 6) is -0.340. The van der Waals surface area contributed by atoms with E-state index in [4.69, 9.17) is 16.7 Å². The second-order valence-electron chi connectivity index (χ2n) is 6.12. The molecule has 0 aliphatic rings. The van der Waals surface area contributed by atoms with Gasteiger partial charge in [0.2, 0.25) is 26.2 Å². The molecule has 3 rings (SSSR count). The van der Waals surface area contributed by atoms with Crippen molar-refractivity contribution in [3.8, 4) is 0 Å². The highest BCUT2D eigenvalue weighted by molar-refractivity contribution is 7.89. The molecule has 1 amide bonds. The third-order valence-corrected chi connectivity index (χ3v) is 5.99. The molecule has 0 aliphatic carbocycles. The second kappa shape index (κ2) is 9.81. The van der Waals surface area contributed by atoms with Gasteiger partial charge in [0.15, 0.2) is 0 Å². The highest BCUT2D eigenvalue weighted by atomic mass is 35.5. The van der Waals surface area contributed by atoms with Gasteiger partial charge >= 0.3 is 0 Å². The number of hydrogen-bond donors (Lipinski definition) is 3. The van der Waals surface area contributed by atoms with Gasteiger partial charge in [-0.2, -0.15) is 0 Å². The normalized spacial score (nSPS) is 11.5. The first kappa shape index (κ1) is 21.9. The first-order chi connectivity index (χ1) is 14.3. The zero-order valence-electron chi connectivity index (χ0n) is 15.6. The number of benzene rings is 2. The lowest BCUT2D eigenvalue weighted by molar-refractivity contribution is -0.111. The van der Waals surface area contributed by atoms with Gasteiger partial charge in [-0.3, -0.25) is 10.1 Å². The topological polar surface area (TPSA) is 127 Å². The summed E-state index contributed by atoms with van der Waals surface area (Å²) in [6, 6.07) is 13.6. The summed E-state index contributed by atoms with van der Waals surface area (Å²) in [6.07, 6.45) is 3.65. The molecule has 0 radical (unpaired) electrons. The lowest BCUT2D eigenvalue weighted by Gasteiger charge is -2.04. The number of rotatable bonds is 8. The van der Waals surface area contributed by atoms with E-state index >= 15 is 0 Å². The van der Waals surface area contributed by atoms with Gasteiger partial charge in [-0.15, -0.1) is 10.2 Å². The smallest absolute Gasteiger partial charge is 0.250 e.